The lowest BCUT2D eigenvalue weighted by Gasteiger charge is -2.21. The van der Waals surface area contributed by atoms with Crippen molar-refractivity contribution in [3.05, 3.63) is 0 Å². The highest BCUT2D eigenvalue weighted by atomic mass is 32.2. The van der Waals surface area contributed by atoms with Gasteiger partial charge >= 0.3 is 12.0 Å². The Bertz CT molecular complexity index is 285. The molecule has 1 atom stereocenters. The zero-order valence-corrected chi connectivity index (χ0v) is 10.8. The minimum Gasteiger partial charge on any atom is -0.480 e. The highest BCUT2D eigenvalue weighted by molar-refractivity contribution is 7.99. The number of amides is 2. The largest absolute Gasteiger partial charge is 0.480 e. The van der Waals surface area contributed by atoms with Crippen molar-refractivity contribution in [1.29, 1.82) is 0 Å². The minimum absolute atomic E-state index is 0.126. The third-order valence-electron chi connectivity index (χ3n) is 2.26. The number of carbonyl (C=O) groups excluding carboxylic acids is 1. The molecule has 0 aromatic heterocycles. The fourth-order valence-corrected chi connectivity index (χ4v) is 2.55. The topological polar surface area (TPSA) is 78.9 Å². The molecule has 0 bridgehead atoms. The van der Waals surface area contributed by atoms with Crippen LogP contribution in [-0.2, 0) is 9.53 Å². The van der Waals surface area contributed by atoms with Crippen LogP contribution < -0.4 is 5.32 Å². The highest BCUT2D eigenvalue weighted by Crippen LogP contribution is 2.20. The Labute approximate surface area is 105 Å². The highest BCUT2D eigenvalue weighted by Gasteiger charge is 2.34. The van der Waals surface area contributed by atoms with Gasteiger partial charge in [0.05, 0.1) is 18.6 Å². The molecule has 0 unspecified atom stereocenters. The van der Waals surface area contributed by atoms with Crippen molar-refractivity contribution in [2.75, 3.05) is 24.8 Å². The molecule has 0 aromatic carbocycles. The predicted molar refractivity (Wildman–Crippen MR) is 65.1 cm³/mol. The van der Waals surface area contributed by atoms with E-state index in [-0.39, 0.29) is 12.1 Å². The van der Waals surface area contributed by atoms with Gasteiger partial charge in [0.15, 0.2) is 0 Å². The van der Waals surface area contributed by atoms with Gasteiger partial charge < -0.3 is 20.1 Å². The number of nitrogens with zero attached hydrogens (tertiary/aromatic N) is 1. The first kappa shape index (κ1) is 14.1. The molecule has 0 aliphatic carbocycles. The number of rotatable bonds is 5. The molecular formula is C10H18N2O4S. The number of hydrogen-bond donors (Lipinski definition) is 2. The van der Waals surface area contributed by atoms with Crippen LogP contribution in [0.2, 0.25) is 0 Å². The van der Waals surface area contributed by atoms with E-state index in [0.717, 1.165) is 0 Å². The molecule has 98 valence electrons. The maximum absolute atomic E-state index is 11.7. The predicted octanol–water partition coefficient (Wildman–Crippen LogP) is 0.580. The Balaban J connectivity index is 2.29. The van der Waals surface area contributed by atoms with Crippen LogP contribution in [0.25, 0.3) is 0 Å². The Morgan fingerprint density at radius 3 is 2.88 bits per heavy atom. The van der Waals surface area contributed by atoms with Crippen LogP contribution in [0.5, 0.6) is 0 Å². The van der Waals surface area contributed by atoms with Crippen LogP contribution in [-0.4, -0.2) is 58.9 Å². The van der Waals surface area contributed by atoms with Gasteiger partial charge in [-0.2, -0.15) is 0 Å². The third kappa shape index (κ3) is 4.43. The fourth-order valence-electron chi connectivity index (χ4n) is 1.40. The average molecular weight is 262 g/mol. The third-order valence-corrected chi connectivity index (χ3v) is 3.27. The monoisotopic (exact) mass is 262 g/mol. The second kappa shape index (κ2) is 6.70. The van der Waals surface area contributed by atoms with Gasteiger partial charge in [0, 0.05) is 12.3 Å². The maximum Gasteiger partial charge on any atom is 0.327 e. The van der Waals surface area contributed by atoms with E-state index in [1.54, 1.807) is 0 Å². The molecule has 1 aliphatic heterocycles. The van der Waals surface area contributed by atoms with Gasteiger partial charge in [-0.3, -0.25) is 0 Å². The maximum atomic E-state index is 11.7. The zero-order chi connectivity index (χ0) is 12.8. The Kier molecular flexibility index (Phi) is 5.57. The van der Waals surface area contributed by atoms with E-state index in [0.29, 0.717) is 24.8 Å². The molecule has 0 aromatic rings. The lowest BCUT2D eigenvalue weighted by molar-refractivity contribution is -0.140. The molecule has 1 heterocycles. The first-order valence-corrected chi connectivity index (χ1v) is 6.64. The van der Waals surface area contributed by atoms with Crippen LogP contribution in [0.1, 0.15) is 13.8 Å². The molecule has 1 fully saturated rings. The van der Waals surface area contributed by atoms with E-state index in [4.69, 9.17) is 9.84 Å². The van der Waals surface area contributed by atoms with Crippen LogP contribution in [0, 0.1) is 0 Å². The fraction of sp³-hybridized carbons (Fsp3) is 0.800. The van der Waals surface area contributed by atoms with E-state index in [1.165, 1.54) is 16.7 Å². The van der Waals surface area contributed by atoms with Crippen LogP contribution in [0.3, 0.4) is 0 Å². The number of carbonyl (C=O) groups is 2. The van der Waals surface area contributed by atoms with Gasteiger partial charge in [-0.05, 0) is 13.8 Å². The molecule has 2 amide bonds. The summed E-state index contributed by atoms with van der Waals surface area (Å²) in [6, 6.07) is -1.05. The van der Waals surface area contributed by atoms with Gasteiger partial charge in [0.2, 0.25) is 0 Å². The van der Waals surface area contributed by atoms with Crippen molar-refractivity contribution in [2.24, 2.45) is 0 Å². The van der Waals surface area contributed by atoms with Gasteiger partial charge in [0.1, 0.15) is 6.04 Å². The lowest BCUT2D eigenvalue weighted by Crippen LogP contribution is -2.47. The Hall–Kier alpha value is -0.950. The minimum atomic E-state index is -0.955. The smallest absolute Gasteiger partial charge is 0.327 e. The van der Waals surface area contributed by atoms with Gasteiger partial charge in [-0.1, -0.05) is 0 Å². The molecule has 0 radical (unpaired) electrons. The summed E-state index contributed by atoms with van der Waals surface area (Å²) < 4.78 is 5.27. The molecule has 17 heavy (non-hydrogen) atoms. The van der Waals surface area contributed by atoms with Gasteiger partial charge in [0.25, 0.3) is 0 Å². The number of carboxylic acid groups (broad SMARTS) is 1. The average Bonchev–Trinajstić information content (AvgIpc) is 2.72. The number of urea groups is 1. The van der Waals surface area contributed by atoms with Crippen molar-refractivity contribution < 1.29 is 19.4 Å². The Morgan fingerprint density at radius 2 is 2.29 bits per heavy atom. The van der Waals surface area contributed by atoms with E-state index >= 15 is 0 Å². The summed E-state index contributed by atoms with van der Waals surface area (Å²) in [5.74, 6) is -0.0809. The molecule has 1 aliphatic rings. The van der Waals surface area contributed by atoms with E-state index < -0.39 is 12.0 Å². The van der Waals surface area contributed by atoms with E-state index in [2.05, 4.69) is 5.32 Å². The van der Waals surface area contributed by atoms with E-state index in [9.17, 15) is 9.59 Å². The zero-order valence-electron chi connectivity index (χ0n) is 10.0. The molecule has 6 nitrogen and oxygen atoms in total. The number of nitrogens with one attached hydrogen (secondary N) is 1. The quantitative estimate of drug-likeness (QED) is 0.709. The SMILES string of the molecule is CC(C)OCCNC(=O)N1CSC[C@H]1C(=O)O. The van der Waals surface area contributed by atoms with Crippen molar-refractivity contribution >= 4 is 23.8 Å². The summed E-state index contributed by atoms with van der Waals surface area (Å²) in [6.45, 7) is 4.66. The first-order valence-electron chi connectivity index (χ1n) is 5.49. The lowest BCUT2D eigenvalue weighted by atomic mass is 10.3. The van der Waals surface area contributed by atoms with Crippen molar-refractivity contribution in [3.8, 4) is 0 Å². The van der Waals surface area contributed by atoms with Gasteiger partial charge in [-0.25, -0.2) is 9.59 Å². The molecule has 0 spiro atoms. The molecule has 0 saturated carbocycles. The number of thioether (sulfide) groups is 1. The standard InChI is InChI=1S/C10H18N2O4S/c1-7(2)16-4-3-11-10(15)12-6-17-5-8(12)9(13)14/h7-8H,3-6H2,1-2H3,(H,11,15)(H,13,14)/t8-/m0/s1. The van der Waals surface area contributed by atoms with Crippen LogP contribution in [0.4, 0.5) is 4.79 Å². The normalized spacial score (nSPS) is 19.7. The molecular weight excluding hydrogens is 244 g/mol. The summed E-state index contributed by atoms with van der Waals surface area (Å²) in [6.07, 6.45) is 0.126. The Morgan fingerprint density at radius 1 is 1.59 bits per heavy atom. The van der Waals surface area contributed by atoms with Gasteiger partial charge in [-0.15, -0.1) is 11.8 Å². The second-order valence-electron chi connectivity index (χ2n) is 3.98. The number of ether oxygens (including phenoxy) is 1. The van der Waals surface area contributed by atoms with Crippen molar-refractivity contribution in [1.82, 2.24) is 10.2 Å². The van der Waals surface area contributed by atoms with Crippen LogP contribution in [0.15, 0.2) is 0 Å². The summed E-state index contributed by atoms with van der Waals surface area (Å²) in [5, 5.41) is 11.6. The molecule has 7 heteroatoms. The van der Waals surface area contributed by atoms with E-state index in [1.807, 2.05) is 13.8 Å². The van der Waals surface area contributed by atoms with Crippen molar-refractivity contribution in [3.63, 3.8) is 0 Å². The number of carboxylic acids is 1. The summed E-state index contributed by atoms with van der Waals surface area (Å²) >= 11 is 1.44. The summed E-state index contributed by atoms with van der Waals surface area (Å²) in [5.41, 5.74) is 0. The summed E-state index contributed by atoms with van der Waals surface area (Å²) in [4.78, 5) is 23.9. The second-order valence-corrected chi connectivity index (χ2v) is 4.97. The van der Waals surface area contributed by atoms with Crippen LogP contribution >= 0.6 is 11.8 Å². The van der Waals surface area contributed by atoms with Crippen molar-refractivity contribution in [2.45, 2.75) is 26.0 Å². The number of hydrogen-bond acceptors (Lipinski definition) is 4. The molecule has 1 rings (SSSR count). The summed E-state index contributed by atoms with van der Waals surface area (Å²) in [7, 11) is 0. The number of aliphatic carboxylic acids is 1. The molecule has 2 N–H and O–H groups in total. The first-order chi connectivity index (χ1) is 8.02. The molecule has 1 saturated heterocycles.